The first-order valence-corrected chi connectivity index (χ1v) is 8.86. The lowest BCUT2D eigenvalue weighted by atomic mass is 10.2. The Morgan fingerprint density at radius 3 is 2.06 bits per heavy atom. The van der Waals surface area contributed by atoms with E-state index in [0.29, 0.717) is 0 Å². The highest BCUT2D eigenvalue weighted by Crippen LogP contribution is 2.23. The Kier molecular flexibility index (Phi) is 9.98. The molecule has 0 atom stereocenters. The fourth-order valence-electron chi connectivity index (χ4n) is 1.97. The van der Waals surface area contributed by atoms with E-state index in [4.69, 9.17) is 8.85 Å². The SMILES string of the molecule is C=CC[Si](CCCCCC)(OCC)OCC. The molecular formula is C13H28O2Si. The molecule has 16 heavy (non-hydrogen) atoms. The van der Waals surface area contributed by atoms with Crippen molar-refractivity contribution in [2.75, 3.05) is 13.2 Å². The van der Waals surface area contributed by atoms with Crippen LogP contribution in [0.5, 0.6) is 0 Å². The summed E-state index contributed by atoms with van der Waals surface area (Å²) in [5.74, 6) is 0. The minimum atomic E-state index is -1.96. The summed E-state index contributed by atoms with van der Waals surface area (Å²) in [5, 5.41) is 0. The molecule has 0 fully saturated rings. The first kappa shape index (κ1) is 15.9. The normalized spacial score (nSPS) is 11.7. The van der Waals surface area contributed by atoms with Gasteiger partial charge in [-0.2, -0.15) is 0 Å². The fourth-order valence-corrected chi connectivity index (χ4v) is 5.07. The predicted octanol–water partition coefficient (Wildman–Crippen LogP) is 4.27. The molecule has 0 aliphatic heterocycles. The number of rotatable bonds is 11. The molecule has 0 radical (unpaired) electrons. The van der Waals surface area contributed by atoms with Crippen LogP contribution in [0.15, 0.2) is 12.7 Å². The summed E-state index contributed by atoms with van der Waals surface area (Å²) in [6.07, 6.45) is 7.07. The van der Waals surface area contributed by atoms with Gasteiger partial charge in [-0.3, -0.25) is 0 Å². The Hall–Kier alpha value is -0.123. The van der Waals surface area contributed by atoms with Crippen molar-refractivity contribution in [3.05, 3.63) is 12.7 Å². The van der Waals surface area contributed by atoms with Crippen LogP contribution in [0.25, 0.3) is 0 Å². The zero-order chi connectivity index (χ0) is 12.3. The van der Waals surface area contributed by atoms with Gasteiger partial charge in [0.1, 0.15) is 0 Å². The second kappa shape index (κ2) is 10.1. The zero-order valence-electron chi connectivity index (χ0n) is 11.3. The van der Waals surface area contributed by atoms with Crippen molar-refractivity contribution in [2.24, 2.45) is 0 Å². The van der Waals surface area contributed by atoms with Gasteiger partial charge in [-0.25, -0.2) is 0 Å². The Morgan fingerprint density at radius 2 is 1.62 bits per heavy atom. The van der Waals surface area contributed by atoms with E-state index in [1.807, 2.05) is 6.08 Å². The molecule has 0 aromatic heterocycles. The topological polar surface area (TPSA) is 18.5 Å². The van der Waals surface area contributed by atoms with Crippen LogP contribution in [0.1, 0.15) is 46.5 Å². The van der Waals surface area contributed by atoms with Crippen molar-refractivity contribution >= 4 is 8.56 Å². The number of hydrogen-bond donors (Lipinski definition) is 0. The second-order valence-electron chi connectivity index (χ2n) is 4.08. The van der Waals surface area contributed by atoms with Gasteiger partial charge in [0, 0.05) is 19.3 Å². The monoisotopic (exact) mass is 244 g/mol. The van der Waals surface area contributed by atoms with Crippen LogP contribution >= 0.6 is 0 Å². The van der Waals surface area contributed by atoms with E-state index in [0.717, 1.165) is 25.3 Å². The maximum absolute atomic E-state index is 5.94. The molecule has 3 heteroatoms. The van der Waals surface area contributed by atoms with Crippen LogP contribution < -0.4 is 0 Å². The average Bonchev–Trinajstić information content (AvgIpc) is 2.26. The molecule has 0 N–H and O–H groups in total. The molecule has 2 nitrogen and oxygen atoms in total. The third-order valence-electron chi connectivity index (χ3n) is 2.68. The molecule has 0 aliphatic rings. The standard InChI is InChI=1S/C13H28O2Si/c1-5-9-10-11-13-16(12-6-2,14-7-3)15-8-4/h6H,2,5,7-13H2,1,3-4H3. The maximum Gasteiger partial charge on any atom is 0.341 e. The second-order valence-corrected chi connectivity index (χ2v) is 7.39. The van der Waals surface area contributed by atoms with E-state index in [9.17, 15) is 0 Å². The van der Waals surface area contributed by atoms with Gasteiger partial charge >= 0.3 is 8.56 Å². The lowest BCUT2D eigenvalue weighted by Gasteiger charge is -2.29. The minimum absolute atomic E-state index is 0.758. The van der Waals surface area contributed by atoms with Crippen molar-refractivity contribution in [1.29, 1.82) is 0 Å². The molecule has 0 aromatic carbocycles. The van der Waals surface area contributed by atoms with E-state index in [2.05, 4.69) is 27.4 Å². The quantitative estimate of drug-likeness (QED) is 0.307. The van der Waals surface area contributed by atoms with Crippen LogP contribution in [-0.2, 0) is 8.85 Å². The Balaban J connectivity index is 4.17. The Bertz CT molecular complexity index is 165. The van der Waals surface area contributed by atoms with Gasteiger partial charge in [-0.05, 0) is 19.9 Å². The maximum atomic E-state index is 5.94. The van der Waals surface area contributed by atoms with Crippen molar-refractivity contribution in [2.45, 2.75) is 58.5 Å². The van der Waals surface area contributed by atoms with Gasteiger partial charge in [-0.1, -0.05) is 38.7 Å². The molecule has 0 aliphatic carbocycles. The highest BCUT2D eigenvalue weighted by atomic mass is 28.4. The molecule has 0 saturated carbocycles. The first-order chi connectivity index (χ1) is 7.74. The van der Waals surface area contributed by atoms with Crippen molar-refractivity contribution in [3.8, 4) is 0 Å². The lowest BCUT2D eigenvalue weighted by Crippen LogP contribution is -2.41. The fraction of sp³-hybridized carbons (Fsp3) is 0.846. The van der Waals surface area contributed by atoms with Gasteiger partial charge in [0.15, 0.2) is 0 Å². The van der Waals surface area contributed by atoms with E-state index < -0.39 is 8.56 Å². The highest BCUT2D eigenvalue weighted by Gasteiger charge is 2.34. The summed E-state index contributed by atoms with van der Waals surface area (Å²) in [7, 11) is -1.96. The van der Waals surface area contributed by atoms with Crippen LogP contribution in [0.2, 0.25) is 12.1 Å². The molecule has 0 bridgehead atoms. The smallest absolute Gasteiger partial charge is 0.341 e. The van der Waals surface area contributed by atoms with Crippen molar-refractivity contribution in [3.63, 3.8) is 0 Å². The number of hydrogen-bond acceptors (Lipinski definition) is 2. The van der Waals surface area contributed by atoms with Crippen LogP contribution in [0, 0.1) is 0 Å². The largest absolute Gasteiger partial charge is 0.394 e. The van der Waals surface area contributed by atoms with Crippen molar-refractivity contribution in [1.82, 2.24) is 0 Å². The highest BCUT2D eigenvalue weighted by molar-refractivity contribution is 6.67. The van der Waals surface area contributed by atoms with Crippen molar-refractivity contribution < 1.29 is 8.85 Å². The molecular weight excluding hydrogens is 216 g/mol. The van der Waals surface area contributed by atoms with Gasteiger partial charge in [0.05, 0.1) is 0 Å². The third-order valence-corrected chi connectivity index (χ3v) is 6.34. The molecule has 0 unspecified atom stereocenters. The molecule has 0 saturated heterocycles. The molecule has 0 aromatic rings. The van der Waals surface area contributed by atoms with Gasteiger partial charge < -0.3 is 8.85 Å². The average molecular weight is 244 g/mol. The third kappa shape index (κ3) is 6.46. The summed E-state index contributed by atoms with van der Waals surface area (Å²) >= 11 is 0. The molecule has 0 heterocycles. The van der Waals surface area contributed by atoms with Gasteiger partial charge in [-0.15, -0.1) is 6.58 Å². The van der Waals surface area contributed by atoms with Gasteiger partial charge in [0.2, 0.25) is 0 Å². The molecule has 0 rings (SSSR count). The lowest BCUT2D eigenvalue weighted by molar-refractivity contribution is 0.184. The summed E-state index contributed by atoms with van der Waals surface area (Å²) in [6.45, 7) is 11.7. The summed E-state index contributed by atoms with van der Waals surface area (Å²) in [4.78, 5) is 0. The van der Waals surface area contributed by atoms with E-state index in [1.54, 1.807) is 0 Å². The Morgan fingerprint density at radius 1 is 1.00 bits per heavy atom. The number of unbranched alkanes of at least 4 members (excludes halogenated alkanes) is 3. The zero-order valence-corrected chi connectivity index (χ0v) is 12.3. The van der Waals surface area contributed by atoms with E-state index in [-0.39, 0.29) is 0 Å². The van der Waals surface area contributed by atoms with Gasteiger partial charge in [0.25, 0.3) is 0 Å². The summed E-state index contributed by atoms with van der Waals surface area (Å²) in [5.41, 5.74) is 0. The number of allylic oxidation sites excluding steroid dienone is 1. The minimum Gasteiger partial charge on any atom is -0.394 e. The molecule has 0 spiro atoms. The van der Waals surface area contributed by atoms with E-state index in [1.165, 1.54) is 25.7 Å². The molecule has 96 valence electrons. The van der Waals surface area contributed by atoms with Crippen LogP contribution in [-0.4, -0.2) is 21.8 Å². The van der Waals surface area contributed by atoms with E-state index >= 15 is 0 Å². The molecule has 0 amide bonds. The first-order valence-electron chi connectivity index (χ1n) is 6.63. The Labute approximate surface area is 102 Å². The predicted molar refractivity (Wildman–Crippen MR) is 73.0 cm³/mol. The van der Waals surface area contributed by atoms with Crippen LogP contribution in [0.3, 0.4) is 0 Å². The van der Waals surface area contributed by atoms with Crippen LogP contribution in [0.4, 0.5) is 0 Å². The summed E-state index contributed by atoms with van der Waals surface area (Å²) in [6, 6.07) is 2.03. The summed E-state index contributed by atoms with van der Waals surface area (Å²) < 4.78 is 11.9.